The first-order chi connectivity index (χ1) is 6.88. The van der Waals surface area contributed by atoms with Crippen LogP contribution in [0.25, 0.3) is 0 Å². The molecule has 2 aliphatic rings. The zero-order chi connectivity index (χ0) is 9.97. The Morgan fingerprint density at radius 1 is 1.29 bits per heavy atom. The van der Waals surface area contributed by atoms with Gasteiger partial charge in [-0.25, -0.2) is 0 Å². The lowest BCUT2D eigenvalue weighted by molar-refractivity contribution is 0.154. The summed E-state index contributed by atoms with van der Waals surface area (Å²) in [5.41, 5.74) is 0. The highest BCUT2D eigenvalue weighted by atomic mass is 16.5. The van der Waals surface area contributed by atoms with Crippen LogP contribution in [0.4, 0.5) is 0 Å². The normalized spacial score (nSPS) is 37.7. The lowest BCUT2D eigenvalue weighted by atomic mass is 10.0. The first-order valence-electron chi connectivity index (χ1n) is 6.10. The number of ether oxygens (including phenoxy) is 1. The maximum absolute atomic E-state index is 5.30. The van der Waals surface area contributed by atoms with Gasteiger partial charge in [0.25, 0.3) is 0 Å². The van der Waals surface area contributed by atoms with E-state index in [0.717, 1.165) is 30.9 Å². The molecule has 2 rings (SSSR count). The van der Waals surface area contributed by atoms with E-state index in [1.54, 1.807) is 0 Å². The zero-order valence-electron chi connectivity index (χ0n) is 9.46. The molecule has 0 heterocycles. The van der Waals surface area contributed by atoms with Crippen LogP contribution in [0, 0.1) is 17.8 Å². The van der Waals surface area contributed by atoms with Crippen molar-refractivity contribution < 1.29 is 4.74 Å². The summed E-state index contributed by atoms with van der Waals surface area (Å²) in [5, 5.41) is 3.58. The molecule has 2 saturated carbocycles. The van der Waals surface area contributed by atoms with Gasteiger partial charge in [0.2, 0.25) is 0 Å². The maximum Gasteiger partial charge on any atom is 0.0618 e. The van der Waals surface area contributed by atoms with Crippen LogP contribution in [-0.2, 0) is 4.74 Å². The number of methoxy groups -OCH3 is 1. The molecule has 0 radical (unpaired) electrons. The standard InChI is InChI=1S/C12H23NO/c1-3-13-11(8-14-2)12-9-6-4-5-7-10(9)12/h9-13H,3-8H2,1-2H3. The van der Waals surface area contributed by atoms with E-state index < -0.39 is 0 Å². The zero-order valence-corrected chi connectivity index (χ0v) is 9.46. The molecule has 0 aromatic heterocycles. The minimum atomic E-state index is 0.623. The SMILES string of the molecule is CCNC(COC)C1C2CCCCC21. The molecule has 0 aromatic carbocycles. The molecule has 2 aliphatic carbocycles. The molecular formula is C12H23NO. The molecule has 0 spiro atoms. The Kier molecular flexibility index (Phi) is 3.45. The van der Waals surface area contributed by atoms with Gasteiger partial charge >= 0.3 is 0 Å². The quantitative estimate of drug-likeness (QED) is 0.728. The largest absolute Gasteiger partial charge is 0.383 e. The molecule has 0 saturated heterocycles. The van der Waals surface area contributed by atoms with E-state index in [1.165, 1.54) is 25.7 Å². The number of nitrogens with one attached hydrogen (secondary N) is 1. The third kappa shape index (κ3) is 1.96. The minimum Gasteiger partial charge on any atom is -0.383 e. The van der Waals surface area contributed by atoms with Gasteiger partial charge in [0.15, 0.2) is 0 Å². The second kappa shape index (κ2) is 4.63. The summed E-state index contributed by atoms with van der Waals surface area (Å²) in [4.78, 5) is 0. The number of hydrogen-bond donors (Lipinski definition) is 1. The molecule has 2 heteroatoms. The molecule has 3 atom stereocenters. The lowest BCUT2D eigenvalue weighted by Crippen LogP contribution is -2.36. The Labute approximate surface area is 87.4 Å². The maximum atomic E-state index is 5.30. The van der Waals surface area contributed by atoms with Crippen molar-refractivity contribution in [2.45, 2.75) is 38.6 Å². The van der Waals surface area contributed by atoms with E-state index >= 15 is 0 Å². The van der Waals surface area contributed by atoms with Gasteiger partial charge < -0.3 is 10.1 Å². The van der Waals surface area contributed by atoms with E-state index in [0.29, 0.717) is 6.04 Å². The van der Waals surface area contributed by atoms with E-state index in [4.69, 9.17) is 4.74 Å². The first kappa shape index (κ1) is 10.4. The van der Waals surface area contributed by atoms with Gasteiger partial charge in [-0.1, -0.05) is 19.8 Å². The van der Waals surface area contributed by atoms with Crippen molar-refractivity contribution in [3.8, 4) is 0 Å². The predicted molar refractivity (Wildman–Crippen MR) is 58.3 cm³/mol. The Bertz CT molecular complexity index is 165. The van der Waals surface area contributed by atoms with Crippen LogP contribution >= 0.6 is 0 Å². The summed E-state index contributed by atoms with van der Waals surface area (Å²) in [6.07, 6.45) is 5.87. The van der Waals surface area contributed by atoms with E-state index in [9.17, 15) is 0 Å². The minimum absolute atomic E-state index is 0.623. The molecule has 0 bridgehead atoms. The summed E-state index contributed by atoms with van der Waals surface area (Å²) in [5.74, 6) is 2.99. The second-order valence-electron chi connectivity index (χ2n) is 4.81. The van der Waals surface area contributed by atoms with Gasteiger partial charge in [-0.15, -0.1) is 0 Å². The van der Waals surface area contributed by atoms with Gasteiger partial charge in [-0.2, -0.15) is 0 Å². The molecule has 1 N–H and O–H groups in total. The van der Waals surface area contributed by atoms with Crippen molar-refractivity contribution in [3.05, 3.63) is 0 Å². The van der Waals surface area contributed by atoms with E-state index in [1.807, 2.05) is 7.11 Å². The van der Waals surface area contributed by atoms with Gasteiger partial charge in [0.1, 0.15) is 0 Å². The third-order valence-corrected chi connectivity index (χ3v) is 4.00. The molecule has 0 aliphatic heterocycles. The topological polar surface area (TPSA) is 21.3 Å². The Morgan fingerprint density at radius 3 is 2.43 bits per heavy atom. The first-order valence-corrected chi connectivity index (χ1v) is 6.10. The molecule has 82 valence electrons. The summed E-state index contributed by atoms with van der Waals surface area (Å²) in [6.45, 7) is 4.16. The van der Waals surface area contributed by atoms with Crippen LogP contribution in [0.5, 0.6) is 0 Å². The van der Waals surface area contributed by atoms with Crippen LogP contribution in [-0.4, -0.2) is 26.3 Å². The van der Waals surface area contributed by atoms with Crippen LogP contribution < -0.4 is 5.32 Å². The van der Waals surface area contributed by atoms with Crippen molar-refractivity contribution in [1.82, 2.24) is 5.32 Å². The fraction of sp³-hybridized carbons (Fsp3) is 1.00. The molecule has 2 fully saturated rings. The summed E-state index contributed by atoms with van der Waals surface area (Å²) in [7, 11) is 1.82. The third-order valence-electron chi connectivity index (χ3n) is 4.00. The van der Waals surface area contributed by atoms with Crippen LogP contribution in [0.1, 0.15) is 32.6 Å². The number of likely N-dealkylation sites (N-methyl/N-ethyl adjacent to an activating group) is 1. The monoisotopic (exact) mass is 197 g/mol. The van der Waals surface area contributed by atoms with Crippen LogP contribution in [0.2, 0.25) is 0 Å². The van der Waals surface area contributed by atoms with E-state index in [2.05, 4.69) is 12.2 Å². The fourth-order valence-electron chi connectivity index (χ4n) is 3.39. The smallest absolute Gasteiger partial charge is 0.0618 e. The highest BCUT2D eigenvalue weighted by molar-refractivity contribution is 5.04. The Morgan fingerprint density at radius 2 is 1.93 bits per heavy atom. The fourth-order valence-corrected chi connectivity index (χ4v) is 3.39. The molecular weight excluding hydrogens is 174 g/mol. The van der Waals surface area contributed by atoms with Crippen molar-refractivity contribution in [1.29, 1.82) is 0 Å². The molecule has 2 nitrogen and oxygen atoms in total. The number of rotatable bonds is 5. The molecule has 14 heavy (non-hydrogen) atoms. The summed E-state index contributed by atoms with van der Waals surface area (Å²) < 4.78 is 5.30. The van der Waals surface area contributed by atoms with Crippen LogP contribution in [0.3, 0.4) is 0 Å². The van der Waals surface area contributed by atoms with Crippen molar-refractivity contribution in [3.63, 3.8) is 0 Å². The van der Waals surface area contributed by atoms with Crippen molar-refractivity contribution in [2.24, 2.45) is 17.8 Å². The molecule has 3 unspecified atom stereocenters. The van der Waals surface area contributed by atoms with Gasteiger partial charge in [0.05, 0.1) is 6.61 Å². The van der Waals surface area contributed by atoms with Crippen LogP contribution in [0.15, 0.2) is 0 Å². The second-order valence-corrected chi connectivity index (χ2v) is 4.81. The van der Waals surface area contributed by atoms with Crippen molar-refractivity contribution in [2.75, 3.05) is 20.3 Å². The van der Waals surface area contributed by atoms with Gasteiger partial charge in [0, 0.05) is 13.2 Å². The lowest BCUT2D eigenvalue weighted by Gasteiger charge is -2.16. The van der Waals surface area contributed by atoms with Gasteiger partial charge in [-0.3, -0.25) is 0 Å². The predicted octanol–water partition coefficient (Wildman–Crippen LogP) is 2.05. The molecule has 0 aromatic rings. The molecule has 0 amide bonds. The van der Waals surface area contributed by atoms with Crippen molar-refractivity contribution >= 4 is 0 Å². The summed E-state index contributed by atoms with van der Waals surface area (Å²) >= 11 is 0. The highest BCUT2D eigenvalue weighted by Crippen LogP contribution is 2.56. The van der Waals surface area contributed by atoms with Gasteiger partial charge in [-0.05, 0) is 37.1 Å². The summed E-state index contributed by atoms with van der Waals surface area (Å²) in [6, 6.07) is 0.623. The highest BCUT2D eigenvalue weighted by Gasteiger charge is 2.53. The van der Waals surface area contributed by atoms with E-state index in [-0.39, 0.29) is 0 Å². The Balaban J connectivity index is 1.86. The average Bonchev–Trinajstić information content (AvgIpc) is 2.91. The number of fused-ring (bicyclic) bond motifs is 1. The average molecular weight is 197 g/mol. The Hall–Kier alpha value is -0.0800. The number of hydrogen-bond acceptors (Lipinski definition) is 2.